The van der Waals surface area contributed by atoms with Gasteiger partial charge in [-0.15, -0.1) is 0 Å². The summed E-state index contributed by atoms with van der Waals surface area (Å²) in [5.41, 5.74) is 3.75. The van der Waals surface area contributed by atoms with Crippen molar-refractivity contribution in [3.63, 3.8) is 0 Å². The number of pyridine rings is 1. The Hall–Kier alpha value is -3.30. The van der Waals surface area contributed by atoms with Crippen LogP contribution < -0.4 is 9.80 Å². The second-order valence-corrected chi connectivity index (χ2v) is 11.4. The van der Waals surface area contributed by atoms with Crippen molar-refractivity contribution in [1.29, 1.82) is 5.26 Å². The van der Waals surface area contributed by atoms with E-state index in [0.29, 0.717) is 17.6 Å². The molecule has 0 unspecified atom stereocenters. The van der Waals surface area contributed by atoms with E-state index in [4.69, 9.17) is 9.97 Å². The van der Waals surface area contributed by atoms with Crippen molar-refractivity contribution < 1.29 is 5.02 Å². The number of rotatable bonds is 5. The number of hydrogen-bond acceptors (Lipinski definition) is 10. The number of piperazine rings is 2. The van der Waals surface area contributed by atoms with Gasteiger partial charge in [0, 0.05) is 113 Å². The Labute approximate surface area is 237 Å². The summed E-state index contributed by atoms with van der Waals surface area (Å²) in [6.07, 6.45) is 6.84. The molecule has 11 heteroatoms. The van der Waals surface area contributed by atoms with Gasteiger partial charge in [-0.3, -0.25) is 14.8 Å². The number of hydrogen-bond donors (Lipinski definition) is 1. The average molecular weight is 539 g/mol. The topological polar surface area (TPSA) is 98.9 Å². The zero-order valence-electron chi connectivity index (χ0n) is 23.5. The van der Waals surface area contributed by atoms with Crippen LogP contribution in [0.25, 0.3) is 10.9 Å². The first-order valence-corrected chi connectivity index (χ1v) is 14.5. The highest BCUT2D eigenvalue weighted by molar-refractivity contribution is 6.45. The first-order valence-electron chi connectivity index (χ1n) is 14.5. The Morgan fingerprint density at radius 2 is 1.77 bits per heavy atom. The first-order chi connectivity index (χ1) is 19.5. The SMILES string of the molecule is CB(O)N1CCN(c2ncc(CN3CC[C@H]4CN(c5ccc(C#N)c6ncccc56)C[C@@H](C)N4CC3)cn2)CC1. The highest BCUT2D eigenvalue weighted by Crippen LogP contribution is 2.32. The Balaban J connectivity index is 1.09. The van der Waals surface area contributed by atoms with E-state index in [1.54, 1.807) is 6.20 Å². The minimum Gasteiger partial charge on any atom is -0.437 e. The molecule has 3 aromatic rings. The van der Waals surface area contributed by atoms with E-state index >= 15 is 0 Å². The summed E-state index contributed by atoms with van der Waals surface area (Å²) in [6.45, 7) is 13.4. The Morgan fingerprint density at radius 3 is 2.52 bits per heavy atom. The maximum Gasteiger partial charge on any atom is 0.376 e. The molecule has 0 aliphatic carbocycles. The van der Waals surface area contributed by atoms with Crippen molar-refractivity contribution in [3.8, 4) is 6.07 Å². The second-order valence-electron chi connectivity index (χ2n) is 11.4. The summed E-state index contributed by atoms with van der Waals surface area (Å²) < 4.78 is 0. The van der Waals surface area contributed by atoms with E-state index in [0.717, 1.165) is 94.3 Å². The molecule has 0 bridgehead atoms. The van der Waals surface area contributed by atoms with Gasteiger partial charge < -0.3 is 19.6 Å². The normalized spacial score (nSPS) is 23.1. The molecule has 0 saturated carbocycles. The predicted molar refractivity (Wildman–Crippen MR) is 158 cm³/mol. The van der Waals surface area contributed by atoms with Crippen LogP contribution in [0.2, 0.25) is 6.82 Å². The van der Waals surface area contributed by atoms with Crippen LogP contribution in [0.4, 0.5) is 11.6 Å². The zero-order valence-corrected chi connectivity index (χ0v) is 23.5. The van der Waals surface area contributed by atoms with E-state index in [2.05, 4.69) is 54.5 Å². The standard InChI is InChI=1S/C29H38BN9O/c1-22-19-37(27-6-5-24(16-31)28-26(27)4-3-8-32-28)21-25-7-9-35(10-15-39(22)25)20-23-17-33-29(34-18-23)36-11-13-38(14-12-36)30(2)40/h3-6,8,17-18,22,25,40H,7,9-15,19-21H2,1-2H3/t22-,25+/m1/s1. The van der Waals surface area contributed by atoms with E-state index in [1.165, 1.54) is 5.69 Å². The lowest BCUT2D eigenvalue weighted by atomic mass is 9.84. The van der Waals surface area contributed by atoms with Gasteiger partial charge in [0.25, 0.3) is 0 Å². The molecule has 1 aromatic carbocycles. The molecule has 3 aliphatic rings. The minimum absolute atomic E-state index is 0.404. The Morgan fingerprint density at radius 1 is 0.975 bits per heavy atom. The first kappa shape index (κ1) is 26.9. The molecular formula is C29H38BN9O. The van der Waals surface area contributed by atoms with Gasteiger partial charge in [0.1, 0.15) is 6.07 Å². The number of anilines is 2. The van der Waals surface area contributed by atoms with E-state index in [9.17, 15) is 10.3 Å². The van der Waals surface area contributed by atoms with Crippen molar-refractivity contribution in [1.82, 2.24) is 29.6 Å². The van der Waals surface area contributed by atoms with Crippen LogP contribution in [0.15, 0.2) is 42.9 Å². The third kappa shape index (κ3) is 5.49. The smallest absolute Gasteiger partial charge is 0.376 e. The molecule has 2 atom stereocenters. The van der Waals surface area contributed by atoms with Crippen LogP contribution >= 0.6 is 0 Å². The van der Waals surface area contributed by atoms with Crippen molar-refractivity contribution in [2.75, 3.05) is 68.7 Å². The lowest BCUT2D eigenvalue weighted by molar-refractivity contribution is 0.127. The van der Waals surface area contributed by atoms with Crippen LogP contribution in [0.3, 0.4) is 0 Å². The minimum atomic E-state index is -0.404. The summed E-state index contributed by atoms with van der Waals surface area (Å²) in [5, 5.41) is 20.4. The highest BCUT2D eigenvalue weighted by atomic mass is 16.2. The summed E-state index contributed by atoms with van der Waals surface area (Å²) in [7, 11) is -0.404. The number of nitriles is 1. The molecule has 3 fully saturated rings. The monoisotopic (exact) mass is 539 g/mol. The van der Waals surface area contributed by atoms with Gasteiger partial charge in [0.15, 0.2) is 0 Å². The predicted octanol–water partition coefficient (Wildman–Crippen LogP) is 1.91. The molecule has 1 N–H and O–H groups in total. The summed E-state index contributed by atoms with van der Waals surface area (Å²) in [5.74, 6) is 0.779. The molecule has 3 aliphatic heterocycles. The number of nitrogens with zero attached hydrogens (tertiary/aromatic N) is 9. The number of fused-ring (bicyclic) bond motifs is 2. The van der Waals surface area contributed by atoms with Crippen LogP contribution in [0.1, 0.15) is 24.5 Å². The Kier molecular flexibility index (Phi) is 7.85. The van der Waals surface area contributed by atoms with Gasteiger partial charge >= 0.3 is 7.05 Å². The van der Waals surface area contributed by atoms with Crippen molar-refractivity contribution in [3.05, 3.63) is 54.0 Å². The van der Waals surface area contributed by atoms with E-state index < -0.39 is 7.05 Å². The molecule has 208 valence electrons. The van der Waals surface area contributed by atoms with Crippen LogP contribution in [0.5, 0.6) is 0 Å². The molecule has 0 amide bonds. The van der Waals surface area contributed by atoms with Crippen LogP contribution in [0, 0.1) is 11.3 Å². The second kappa shape index (κ2) is 11.7. The molecule has 0 radical (unpaired) electrons. The largest absolute Gasteiger partial charge is 0.437 e. The molecule has 10 nitrogen and oxygen atoms in total. The third-order valence-corrected chi connectivity index (χ3v) is 8.84. The molecule has 6 rings (SSSR count). The molecule has 0 spiro atoms. The van der Waals surface area contributed by atoms with Gasteiger partial charge in [-0.05, 0) is 44.4 Å². The van der Waals surface area contributed by atoms with E-state index in [-0.39, 0.29) is 0 Å². The van der Waals surface area contributed by atoms with Crippen LogP contribution in [-0.4, -0.2) is 113 Å². The summed E-state index contributed by atoms with van der Waals surface area (Å²) >= 11 is 0. The van der Waals surface area contributed by atoms with Crippen LogP contribution in [-0.2, 0) is 6.54 Å². The molecule has 2 aromatic heterocycles. The lowest BCUT2D eigenvalue weighted by Crippen LogP contribution is -2.58. The number of aromatic nitrogens is 3. The number of benzene rings is 1. The van der Waals surface area contributed by atoms with Gasteiger partial charge in [-0.25, -0.2) is 9.97 Å². The van der Waals surface area contributed by atoms with Crippen molar-refractivity contribution in [2.24, 2.45) is 0 Å². The molecule has 40 heavy (non-hydrogen) atoms. The van der Waals surface area contributed by atoms with Gasteiger partial charge in [0.2, 0.25) is 5.95 Å². The fraction of sp³-hybridized carbons (Fsp3) is 0.517. The quantitative estimate of drug-likeness (QED) is 0.485. The average Bonchev–Trinajstić information content (AvgIpc) is 3.19. The fourth-order valence-electron chi connectivity index (χ4n) is 6.60. The maximum atomic E-state index is 9.80. The lowest BCUT2D eigenvalue weighted by Gasteiger charge is -2.46. The third-order valence-electron chi connectivity index (χ3n) is 8.84. The highest BCUT2D eigenvalue weighted by Gasteiger charge is 2.35. The van der Waals surface area contributed by atoms with E-state index in [1.807, 2.05) is 31.3 Å². The fourth-order valence-corrected chi connectivity index (χ4v) is 6.60. The summed E-state index contributed by atoms with van der Waals surface area (Å²) in [6, 6.07) is 11.3. The zero-order chi connectivity index (χ0) is 27.6. The van der Waals surface area contributed by atoms with Gasteiger partial charge in [0.05, 0.1) is 11.1 Å². The van der Waals surface area contributed by atoms with Gasteiger partial charge in [-0.1, -0.05) is 0 Å². The Bertz CT molecular complexity index is 1360. The van der Waals surface area contributed by atoms with Crippen molar-refractivity contribution in [2.45, 2.75) is 38.8 Å². The maximum absolute atomic E-state index is 9.80. The van der Waals surface area contributed by atoms with Crippen molar-refractivity contribution >= 4 is 29.6 Å². The molecule has 5 heterocycles. The summed E-state index contributed by atoms with van der Waals surface area (Å²) in [4.78, 5) is 25.9. The van der Waals surface area contributed by atoms with Gasteiger partial charge in [-0.2, -0.15) is 5.26 Å². The molecular weight excluding hydrogens is 501 g/mol. The molecule has 3 saturated heterocycles.